The predicted octanol–water partition coefficient (Wildman–Crippen LogP) is 8.64. The van der Waals surface area contributed by atoms with Crippen LogP contribution in [-0.2, 0) is 36.4 Å². The van der Waals surface area contributed by atoms with Crippen molar-refractivity contribution in [2.45, 2.75) is 63.5 Å². The largest absolute Gasteiger partial charge is 0.481 e. The summed E-state index contributed by atoms with van der Waals surface area (Å²) in [4.78, 5) is 50.5. The molecule has 0 amide bonds. The Morgan fingerprint density at radius 3 is 2.24 bits per heavy atom. The number of carboxylic acids is 2. The summed E-state index contributed by atoms with van der Waals surface area (Å²) in [5.74, 6) is -2.02. The second kappa shape index (κ2) is 14.6. The molecule has 4 aromatic carbocycles. The predicted molar refractivity (Wildman–Crippen MR) is 213 cm³/mol. The molecule has 5 aromatic rings. The van der Waals surface area contributed by atoms with Crippen LogP contribution in [0.5, 0.6) is 0 Å². The number of aliphatic carboxylic acids is 2. The first-order valence-electron chi connectivity index (χ1n) is 18.0. The highest BCUT2D eigenvalue weighted by atomic mass is 32.1. The number of carbonyl (C=O) groups is 3. The van der Waals surface area contributed by atoms with Crippen molar-refractivity contribution in [2.75, 3.05) is 11.4 Å². The first-order valence-corrected chi connectivity index (χ1v) is 18.9. The number of carboxylic acid groups (broad SMARTS) is 2. The molecule has 280 valence electrons. The van der Waals surface area contributed by atoms with Crippen molar-refractivity contribution in [1.29, 1.82) is 0 Å². The molecule has 0 saturated heterocycles. The Morgan fingerprint density at radius 1 is 0.927 bits per heavy atom. The van der Waals surface area contributed by atoms with Gasteiger partial charge in [-0.05, 0) is 72.5 Å². The Morgan fingerprint density at radius 2 is 1.60 bits per heavy atom. The first kappa shape index (κ1) is 37.2. The molecule has 12 heteroatoms. The number of rotatable bonds is 14. The smallest absolute Gasteiger partial charge is 0.309 e. The van der Waals surface area contributed by atoms with E-state index in [2.05, 4.69) is 42.7 Å². The molecule has 2 aliphatic heterocycles. The summed E-state index contributed by atoms with van der Waals surface area (Å²) >= 11 is 1.55. The average molecular weight is 759 g/mol. The molecule has 0 bridgehead atoms. The van der Waals surface area contributed by atoms with Gasteiger partial charge in [0.2, 0.25) is 5.69 Å². The Hall–Kier alpha value is -6.14. The molecule has 55 heavy (non-hydrogen) atoms. The average Bonchev–Trinajstić information content (AvgIpc) is 3.81. The molecule has 3 heterocycles. The molecule has 1 aromatic heterocycles. The molecule has 7 rings (SSSR count). The van der Waals surface area contributed by atoms with Crippen LogP contribution in [0.4, 0.5) is 17.1 Å². The van der Waals surface area contributed by atoms with Crippen molar-refractivity contribution in [3.63, 3.8) is 0 Å². The zero-order chi connectivity index (χ0) is 39.1. The fraction of sp³-hybridized carbons (Fsp3) is 0.256. The zero-order valence-electron chi connectivity index (χ0n) is 30.6. The summed E-state index contributed by atoms with van der Waals surface area (Å²) in [5, 5.41) is 38.3. The SMILES string of the molecule is CC1(C)C(/C=C/C=C2/N(C(CCC(=O)O)OC=O)c3c([N+](=O)[O-])cccc3C2(C)Cc2cccs2)=[N+](CCC(=O)O)c2c1c1ccccc1c1ccccc21. The summed E-state index contributed by atoms with van der Waals surface area (Å²) < 4.78 is 7.66. The number of nitrogens with zero attached hydrogens (tertiary/aromatic N) is 3. The molecule has 2 unspecified atom stereocenters. The van der Waals surface area contributed by atoms with Gasteiger partial charge in [-0.3, -0.25) is 24.5 Å². The van der Waals surface area contributed by atoms with Crippen LogP contribution in [-0.4, -0.2) is 56.6 Å². The van der Waals surface area contributed by atoms with Crippen molar-refractivity contribution in [2.24, 2.45) is 0 Å². The number of anilines is 1. The highest BCUT2D eigenvalue weighted by molar-refractivity contribution is 7.09. The summed E-state index contributed by atoms with van der Waals surface area (Å²) in [6.07, 6.45) is 4.40. The molecule has 11 nitrogen and oxygen atoms in total. The van der Waals surface area contributed by atoms with E-state index in [4.69, 9.17) is 4.74 Å². The van der Waals surface area contributed by atoms with Crippen molar-refractivity contribution in [3.05, 3.63) is 134 Å². The van der Waals surface area contributed by atoms with E-state index in [1.165, 1.54) is 6.07 Å². The number of allylic oxidation sites excluding steroid dienone is 4. The minimum atomic E-state index is -1.16. The number of carbonyl (C=O) groups excluding carboxylic acids is 1. The molecular weight excluding hydrogens is 719 g/mol. The van der Waals surface area contributed by atoms with E-state index < -0.39 is 33.9 Å². The second-order valence-corrected chi connectivity index (χ2v) is 15.6. The summed E-state index contributed by atoms with van der Waals surface area (Å²) in [6.45, 7) is 6.70. The molecule has 0 saturated carbocycles. The quantitative estimate of drug-likeness (QED) is 0.0373. The van der Waals surface area contributed by atoms with Gasteiger partial charge in [0.25, 0.3) is 12.2 Å². The molecule has 2 N–H and O–H groups in total. The van der Waals surface area contributed by atoms with Crippen LogP contribution in [0.1, 0.15) is 56.0 Å². The van der Waals surface area contributed by atoms with Crippen molar-refractivity contribution >= 4 is 74.1 Å². The van der Waals surface area contributed by atoms with Gasteiger partial charge in [0.05, 0.1) is 22.1 Å². The number of fused-ring (bicyclic) bond motifs is 7. The number of nitro benzene ring substituents is 1. The van der Waals surface area contributed by atoms with Crippen molar-refractivity contribution < 1.29 is 38.8 Å². The van der Waals surface area contributed by atoms with Gasteiger partial charge in [-0.2, -0.15) is 4.58 Å². The molecule has 2 atom stereocenters. The van der Waals surface area contributed by atoms with E-state index in [-0.39, 0.29) is 43.7 Å². The summed E-state index contributed by atoms with van der Waals surface area (Å²) in [6, 6.07) is 25.2. The normalized spacial score (nSPS) is 18.6. The fourth-order valence-electron chi connectivity index (χ4n) is 8.57. The van der Waals surface area contributed by atoms with E-state index >= 15 is 0 Å². The lowest BCUT2D eigenvalue weighted by atomic mass is 9.77. The van der Waals surface area contributed by atoms with Gasteiger partial charge in [-0.15, -0.1) is 11.3 Å². The topological polar surface area (TPSA) is 150 Å². The fourth-order valence-corrected chi connectivity index (χ4v) is 9.43. The van der Waals surface area contributed by atoms with Crippen LogP contribution in [0.15, 0.2) is 108 Å². The molecule has 0 aliphatic carbocycles. The van der Waals surface area contributed by atoms with Crippen molar-refractivity contribution in [1.82, 2.24) is 0 Å². The lowest BCUT2D eigenvalue weighted by Crippen LogP contribution is -2.39. The molecule has 0 fully saturated rings. The molecule has 2 aliphatic rings. The molecule has 0 radical (unpaired) electrons. The van der Waals surface area contributed by atoms with Crippen molar-refractivity contribution in [3.8, 4) is 0 Å². The Balaban J connectivity index is 1.46. The van der Waals surface area contributed by atoms with Crippen LogP contribution in [0.25, 0.3) is 21.5 Å². The highest BCUT2D eigenvalue weighted by Gasteiger charge is 2.50. The lowest BCUT2D eigenvalue weighted by Gasteiger charge is -2.33. The maximum Gasteiger partial charge on any atom is 0.309 e. The second-order valence-electron chi connectivity index (χ2n) is 14.5. The van der Waals surface area contributed by atoms with Gasteiger partial charge in [0, 0.05) is 40.1 Å². The van der Waals surface area contributed by atoms with Crippen LogP contribution >= 0.6 is 11.3 Å². The maximum atomic E-state index is 12.6. The standard InChI is InChI=1S/C43H39N3O8S/c1-42(2)34(44(23-22-38(50)51)40-31-15-7-5-13-29(31)28-12-4-6-14-30(28)39(40)42)18-9-19-35-43(3,25-27-11-10-24-55-27)32-16-8-17-33(46(52)53)41(32)45(35)36(54-26-47)20-21-37(48)49/h4-19,24,26,36H,20-23,25H2,1-3H3,(H-,48,49,50,51)/p+1. The van der Waals surface area contributed by atoms with Gasteiger partial charge in [0.15, 0.2) is 18.5 Å². The van der Waals surface area contributed by atoms with Crippen LogP contribution in [0.3, 0.4) is 0 Å². The zero-order valence-corrected chi connectivity index (χ0v) is 31.4. The number of hydrogen-bond acceptors (Lipinski definition) is 8. The van der Waals surface area contributed by atoms with E-state index in [1.54, 1.807) is 22.3 Å². The molecular formula is C43H40N3O8S+. The van der Waals surface area contributed by atoms with Gasteiger partial charge < -0.3 is 19.8 Å². The Bertz CT molecular complexity index is 2470. The van der Waals surface area contributed by atoms with E-state index in [9.17, 15) is 34.7 Å². The third-order valence-corrected chi connectivity index (χ3v) is 11.8. The maximum absolute atomic E-state index is 12.6. The van der Waals surface area contributed by atoms with Crippen LogP contribution in [0, 0.1) is 10.1 Å². The van der Waals surface area contributed by atoms with Gasteiger partial charge in [-0.25, -0.2) is 0 Å². The molecule has 0 spiro atoms. The van der Waals surface area contributed by atoms with Crippen LogP contribution < -0.4 is 4.90 Å². The number of thiophene rings is 1. The monoisotopic (exact) mass is 758 g/mol. The number of hydrogen-bond donors (Lipinski definition) is 2. The lowest BCUT2D eigenvalue weighted by molar-refractivity contribution is -0.435. The Labute approximate surface area is 321 Å². The van der Waals surface area contributed by atoms with Crippen LogP contribution in [0.2, 0.25) is 0 Å². The van der Waals surface area contributed by atoms with Gasteiger partial charge >= 0.3 is 11.9 Å². The minimum absolute atomic E-state index is 0.102. The minimum Gasteiger partial charge on any atom is -0.481 e. The van der Waals surface area contributed by atoms with E-state index in [0.29, 0.717) is 17.7 Å². The van der Waals surface area contributed by atoms with E-state index in [1.807, 2.05) is 73.0 Å². The van der Waals surface area contributed by atoms with E-state index in [0.717, 1.165) is 43.4 Å². The summed E-state index contributed by atoms with van der Waals surface area (Å²) in [5.41, 5.74) is 2.71. The summed E-state index contributed by atoms with van der Waals surface area (Å²) in [7, 11) is 0. The third-order valence-electron chi connectivity index (χ3n) is 10.9. The van der Waals surface area contributed by atoms with Gasteiger partial charge in [0.1, 0.15) is 12.1 Å². The number of ether oxygens (including phenoxy) is 1. The Kier molecular flexibility index (Phi) is 9.87. The third kappa shape index (κ3) is 6.46. The first-order chi connectivity index (χ1) is 26.4. The number of benzene rings is 4. The number of nitro groups is 1. The number of para-hydroxylation sites is 1. The van der Waals surface area contributed by atoms with Gasteiger partial charge in [-0.1, -0.05) is 66.7 Å². The highest BCUT2D eigenvalue weighted by Crippen LogP contribution is 2.55.